The summed E-state index contributed by atoms with van der Waals surface area (Å²) in [6, 6.07) is 3.43. The molecule has 1 aromatic rings. The Kier molecular flexibility index (Phi) is 4.25. The quantitative estimate of drug-likeness (QED) is 0.715. The van der Waals surface area contributed by atoms with Crippen LogP contribution < -0.4 is 10.6 Å². The monoisotopic (exact) mass is 226 g/mol. The van der Waals surface area contributed by atoms with Gasteiger partial charge in [0.25, 0.3) is 0 Å². The standard InChI is InChI=1S/C11H15FN2O2/c1-7(14-6-11(16)13-2)9-5-8(12)3-4-10(9)15/h3-5,7,14-15H,6H2,1-2H3,(H,13,16). The van der Waals surface area contributed by atoms with Gasteiger partial charge in [0.15, 0.2) is 0 Å². The average Bonchev–Trinajstić information content (AvgIpc) is 2.28. The molecule has 0 spiro atoms. The molecule has 5 heteroatoms. The number of phenolic OH excluding ortho intramolecular Hbond substituents is 1. The first-order valence-corrected chi connectivity index (χ1v) is 4.97. The van der Waals surface area contributed by atoms with Crippen LogP contribution in [0.3, 0.4) is 0 Å². The molecule has 1 atom stereocenters. The van der Waals surface area contributed by atoms with Crippen molar-refractivity contribution < 1.29 is 14.3 Å². The normalized spacial score (nSPS) is 12.2. The van der Waals surface area contributed by atoms with Crippen molar-refractivity contribution in [3.8, 4) is 5.75 Å². The van der Waals surface area contributed by atoms with Crippen LogP contribution in [0.25, 0.3) is 0 Å². The molecule has 0 aliphatic carbocycles. The summed E-state index contributed by atoms with van der Waals surface area (Å²) in [6.45, 7) is 1.87. The van der Waals surface area contributed by atoms with Crippen LogP contribution in [0.15, 0.2) is 18.2 Å². The maximum Gasteiger partial charge on any atom is 0.233 e. The van der Waals surface area contributed by atoms with E-state index < -0.39 is 5.82 Å². The highest BCUT2D eigenvalue weighted by molar-refractivity contribution is 5.77. The number of carbonyl (C=O) groups is 1. The van der Waals surface area contributed by atoms with E-state index in [4.69, 9.17) is 0 Å². The van der Waals surface area contributed by atoms with Gasteiger partial charge in [-0.15, -0.1) is 0 Å². The Bertz CT molecular complexity index is 382. The number of nitrogens with one attached hydrogen (secondary N) is 2. The zero-order valence-electron chi connectivity index (χ0n) is 9.25. The highest BCUT2D eigenvalue weighted by Gasteiger charge is 2.11. The third kappa shape index (κ3) is 3.20. The molecule has 4 nitrogen and oxygen atoms in total. The van der Waals surface area contributed by atoms with Crippen LogP contribution >= 0.6 is 0 Å². The van der Waals surface area contributed by atoms with Gasteiger partial charge < -0.3 is 15.7 Å². The fourth-order valence-electron chi connectivity index (χ4n) is 1.32. The average molecular weight is 226 g/mol. The predicted molar refractivity (Wildman–Crippen MR) is 58.5 cm³/mol. The van der Waals surface area contributed by atoms with Gasteiger partial charge in [-0.1, -0.05) is 0 Å². The molecule has 1 unspecified atom stereocenters. The predicted octanol–water partition coefficient (Wildman–Crippen LogP) is 0.928. The van der Waals surface area contributed by atoms with Gasteiger partial charge >= 0.3 is 0 Å². The van der Waals surface area contributed by atoms with Crippen molar-refractivity contribution in [3.63, 3.8) is 0 Å². The van der Waals surface area contributed by atoms with Gasteiger partial charge in [0.2, 0.25) is 5.91 Å². The number of aromatic hydroxyl groups is 1. The first kappa shape index (κ1) is 12.4. The zero-order valence-corrected chi connectivity index (χ0v) is 9.25. The van der Waals surface area contributed by atoms with Gasteiger partial charge in [0, 0.05) is 18.7 Å². The number of phenols is 1. The fourth-order valence-corrected chi connectivity index (χ4v) is 1.32. The minimum Gasteiger partial charge on any atom is -0.508 e. The smallest absolute Gasteiger partial charge is 0.233 e. The highest BCUT2D eigenvalue weighted by Crippen LogP contribution is 2.24. The molecule has 0 fully saturated rings. The van der Waals surface area contributed by atoms with Crippen molar-refractivity contribution >= 4 is 5.91 Å². The van der Waals surface area contributed by atoms with Crippen molar-refractivity contribution in [3.05, 3.63) is 29.6 Å². The lowest BCUT2D eigenvalue weighted by Crippen LogP contribution is -2.32. The third-order valence-corrected chi connectivity index (χ3v) is 2.30. The summed E-state index contributed by atoms with van der Waals surface area (Å²) in [7, 11) is 1.54. The highest BCUT2D eigenvalue weighted by atomic mass is 19.1. The summed E-state index contributed by atoms with van der Waals surface area (Å²) in [6.07, 6.45) is 0. The Morgan fingerprint density at radius 2 is 2.25 bits per heavy atom. The third-order valence-electron chi connectivity index (χ3n) is 2.30. The largest absolute Gasteiger partial charge is 0.508 e. The minimum atomic E-state index is -0.415. The van der Waals surface area contributed by atoms with Crippen molar-refractivity contribution in [1.29, 1.82) is 0 Å². The van der Waals surface area contributed by atoms with Crippen molar-refractivity contribution in [2.45, 2.75) is 13.0 Å². The van der Waals surface area contributed by atoms with Crippen LogP contribution in [-0.4, -0.2) is 24.6 Å². The lowest BCUT2D eigenvalue weighted by molar-refractivity contribution is -0.119. The summed E-state index contributed by atoms with van der Waals surface area (Å²) in [5, 5.41) is 14.9. The Morgan fingerprint density at radius 1 is 1.56 bits per heavy atom. The number of rotatable bonds is 4. The first-order chi connectivity index (χ1) is 7.54. The summed E-state index contributed by atoms with van der Waals surface area (Å²) < 4.78 is 13.0. The van der Waals surface area contributed by atoms with E-state index in [1.807, 2.05) is 0 Å². The van der Waals surface area contributed by atoms with Crippen LogP contribution in [0.4, 0.5) is 4.39 Å². The van der Waals surface area contributed by atoms with Crippen LogP contribution in [0, 0.1) is 5.82 Å². The molecule has 3 N–H and O–H groups in total. The molecule has 1 rings (SSSR count). The van der Waals surface area contributed by atoms with E-state index in [-0.39, 0.29) is 24.2 Å². The molecule has 0 saturated carbocycles. The number of likely N-dealkylation sites (N-methyl/N-ethyl adjacent to an activating group) is 1. The number of hydrogen-bond acceptors (Lipinski definition) is 3. The van der Waals surface area contributed by atoms with Crippen molar-refractivity contribution in [2.75, 3.05) is 13.6 Å². The maximum absolute atomic E-state index is 13.0. The molecule has 88 valence electrons. The molecule has 0 saturated heterocycles. The van der Waals surface area contributed by atoms with E-state index in [0.29, 0.717) is 5.56 Å². The molecule has 0 aromatic heterocycles. The molecule has 0 aliphatic heterocycles. The summed E-state index contributed by atoms with van der Waals surface area (Å²) in [5.41, 5.74) is 0.434. The molecule has 0 radical (unpaired) electrons. The maximum atomic E-state index is 13.0. The Morgan fingerprint density at radius 3 is 2.88 bits per heavy atom. The van der Waals surface area contributed by atoms with Gasteiger partial charge in [-0.2, -0.15) is 0 Å². The van der Waals surface area contributed by atoms with E-state index in [1.54, 1.807) is 6.92 Å². The second-order valence-corrected chi connectivity index (χ2v) is 3.48. The minimum absolute atomic E-state index is 0.0123. The molecule has 1 aromatic carbocycles. The van der Waals surface area contributed by atoms with Crippen molar-refractivity contribution in [2.24, 2.45) is 0 Å². The van der Waals surface area contributed by atoms with Gasteiger partial charge in [-0.25, -0.2) is 4.39 Å². The molecule has 0 bridgehead atoms. The number of halogens is 1. The molecular weight excluding hydrogens is 211 g/mol. The van der Waals surface area contributed by atoms with Crippen LogP contribution in [-0.2, 0) is 4.79 Å². The Balaban J connectivity index is 2.68. The lowest BCUT2D eigenvalue weighted by Gasteiger charge is -2.15. The number of benzene rings is 1. The molecule has 0 heterocycles. The van der Waals surface area contributed by atoms with Gasteiger partial charge in [-0.05, 0) is 25.1 Å². The molecule has 0 aliphatic rings. The Hall–Kier alpha value is -1.62. The van der Waals surface area contributed by atoms with E-state index in [1.165, 1.54) is 25.2 Å². The SMILES string of the molecule is CNC(=O)CNC(C)c1cc(F)ccc1O. The lowest BCUT2D eigenvalue weighted by atomic mass is 10.1. The van der Waals surface area contributed by atoms with E-state index in [2.05, 4.69) is 10.6 Å². The fraction of sp³-hybridized carbons (Fsp3) is 0.364. The van der Waals surface area contributed by atoms with E-state index >= 15 is 0 Å². The summed E-state index contributed by atoms with van der Waals surface area (Å²) >= 11 is 0. The second kappa shape index (κ2) is 5.46. The van der Waals surface area contributed by atoms with E-state index in [0.717, 1.165) is 0 Å². The molecule has 16 heavy (non-hydrogen) atoms. The number of amides is 1. The van der Waals surface area contributed by atoms with Gasteiger partial charge in [0.05, 0.1) is 6.54 Å². The van der Waals surface area contributed by atoms with Crippen LogP contribution in [0.1, 0.15) is 18.5 Å². The van der Waals surface area contributed by atoms with E-state index in [9.17, 15) is 14.3 Å². The molecule has 1 amide bonds. The number of carbonyl (C=O) groups excluding carboxylic acids is 1. The summed E-state index contributed by atoms with van der Waals surface area (Å²) in [5.74, 6) is -0.567. The molecular formula is C11H15FN2O2. The Labute approximate surface area is 93.5 Å². The second-order valence-electron chi connectivity index (χ2n) is 3.48. The number of hydrogen-bond donors (Lipinski definition) is 3. The first-order valence-electron chi connectivity index (χ1n) is 4.97. The van der Waals surface area contributed by atoms with Crippen LogP contribution in [0.5, 0.6) is 5.75 Å². The zero-order chi connectivity index (χ0) is 12.1. The van der Waals surface area contributed by atoms with Crippen LogP contribution in [0.2, 0.25) is 0 Å². The summed E-state index contributed by atoms with van der Waals surface area (Å²) in [4.78, 5) is 11.0. The topological polar surface area (TPSA) is 61.4 Å². The van der Waals surface area contributed by atoms with Gasteiger partial charge in [-0.3, -0.25) is 4.79 Å². The van der Waals surface area contributed by atoms with Gasteiger partial charge in [0.1, 0.15) is 11.6 Å². The van der Waals surface area contributed by atoms with Crippen molar-refractivity contribution in [1.82, 2.24) is 10.6 Å².